The third-order valence-electron chi connectivity index (χ3n) is 5.45. The van der Waals surface area contributed by atoms with Crippen LogP contribution in [0.3, 0.4) is 0 Å². The summed E-state index contributed by atoms with van der Waals surface area (Å²) in [5.74, 6) is 1.36. The van der Waals surface area contributed by atoms with Gasteiger partial charge in [-0.3, -0.25) is 4.79 Å². The van der Waals surface area contributed by atoms with Crippen LogP contribution in [-0.4, -0.2) is 28.4 Å². The Morgan fingerprint density at radius 3 is 2.86 bits per heavy atom. The molecule has 5 heteroatoms. The van der Waals surface area contributed by atoms with Gasteiger partial charge in [-0.15, -0.1) is 0 Å². The van der Waals surface area contributed by atoms with Crippen molar-refractivity contribution in [1.29, 1.82) is 0 Å². The van der Waals surface area contributed by atoms with E-state index >= 15 is 0 Å². The molecule has 0 saturated carbocycles. The Kier molecular flexibility index (Phi) is 6.03. The predicted molar refractivity (Wildman–Crippen MR) is 110 cm³/mol. The van der Waals surface area contributed by atoms with E-state index in [9.17, 15) is 9.18 Å². The number of halogens is 1. The van der Waals surface area contributed by atoms with Gasteiger partial charge in [-0.25, -0.2) is 9.37 Å². The lowest BCUT2D eigenvalue weighted by Gasteiger charge is -2.25. The molecule has 1 atom stereocenters. The first-order valence-electron chi connectivity index (χ1n) is 10.2. The summed E-state index contributed by atoms with van der Waals surface area (Å²) in [4.78, 5) is 19.0. The van der Waals surface area contributed by atoms with Gasteiger partial charge in [0.05, 0.1) is 6.20 Å². The lowest BCUT2D eigenvalue weighted by Crippen LogP contribution is -2.36. The van der Waals surface area contributed by atoms with Crippen LogP contribution in [0.15, 0.2) is 65.2 Å². The van der Waals surface area contributed by atoms with Gasteiger partial charge >= 0.3 is 0 Å². The van der Waals surface area contributed by atoms with Crippen LogP contribution >= 0.6 is 0 Å². The summed E-state index contributed by atoms with van der Waals surface area (Å²) >= 11 is 0. The van der Waals surface area contributed by atoms with Crippen LogP contribution in [-0.2, 0) is 17.6 Å². The average molecular weight is 392 g/mol. The second-order valence-electron chi connectivity index (χ2n) is 7.56. The molecule has 0 bridgehead atoms. The zero-order chi connectivity index (χ0) is 20.1. The highest BCUT2D eigenvalue weighted by Crippen LogP contribution is 2.24. The van der Waals surface area contributed by atoms with Gasteiger partial charge in [0.15, 0.2) is 11.7 Å². The zero-order valence-electron chi connectivity index (χ0n) is 16.4. The smallest absolute Gasteiger partial charge is 0.222 e. The largest absolute Gasteiger partial charge is 0.441 e. The summed E-state index contributed by atoms with van der Waals surface area (Å²) in [6.45, 7) is 0.788. The van der Waals surface area contributed by atoms with Gasteiger partial charge in [0.1, 0.15) is 5.82 Å². The Morgan fingerprint density at radius 1 is 1.17 bits per heavy atom. The molecule has 1 aliphatic rings. The third kappa shape index (κ3) is 4.91. The number of nitrogens with zero attached hydrogens (tertiary/aromatic N) is 2. The van der Waals surface area contributed by atoms with E-state index in [2.05, 4.69) is 4.98 Å². The van der Waals surface area contributed by atoms with Crippen LogP contribution in [0, 0.1) is 5.82 Å². The highest BCUT2D eigenvalue weighted by Gasteiger charge is 2.28. The van der Waals surface area contributed by atoms with Crippen LogP contribution in [0.2, 0.25) is 0 Å². The maximum atomic E-state index is 13.4. The number of carbonyl (C=O) groups is 1. The molecule has 1 aliphatic heterocycles. The minimum absolute atomic E-state index is 0.163. The van der Waals surface area contributed by atoms with Gasteiger partial charge in [-0.05, 0) is 43.4 Å². The average Bonchev–Trinajstić information content (AvgIpc) is 3.38. The number of amides is 1. The molecule has 0 radical (unpaired) electrons. The van der Waals surface area contributed by atoms with Crippen molar-refractivity contribution in [2.75, 3.05) is 6.54 Å². The van der Waals surface area contributed by atoms with Crippen molar-refractivity contribution in [3.63, 3.8) is 0 Å². The summed E-state index contributed by atoms with van der Waals surface area (Å²) < 4.78 is 19.3. The van der Waals surface area contributed by atoms with Crippen molar-refractivity contribution in [3.8, 4) is 11.3 Å². The summed E-state index contributed by atoms with van der Waals surface area (Å²) in [7, 11) is 0. The molecule has 0 aliphatic carbocycles. The molecule has 0 spiro atoms. The van der Waals surface area contributed by atoms with Crippen molar-refractivity contribution >= 4 is 5.91 Å². The van der Waals surface area contributed by atoms with Crippen LogP contribution in [0.5, 0.6) is 0 Å². The van der Waals surface area contributed by atoms with E-state index in [4.69, 9.17) is 4.42 Å². The van der Waals surface area contributed by atoms with Crippen LogP contribution in [0.1, 0.15) is 37.1 Å². The molecule has 1 aromatic heterocycles. The fourth-order valence-electron chi connectivity index (χ4n) is 4.01. The van der Waals surface area contributed by atoms with Crippen molar-refractivity contribution in [1.82, 2.24) is 9.88 Å². The van der Waals surface area contributed by atoms with Gasteiger partial charge in [-0.2, -0.15) is 0 Å². The highest BCUT2D eigenvalue weighted by molar-refractivity contribution is 5.76. The van der Waals surface area contributed by atoms with Crippen LogP contribution in [0.4, 0.5) is 4.39 Å². The van der Waals surface area contributed by atoms with E-state index in [0.29, 0.717) is 31.6 Å². The van der Waals surface area contributed by atoms with E-state index < -0.39 is 0 Å². The molecule has 1 fully saturated rings. The molecular weight excluding hydrogens is 367 g/mol. The van der Waals surface area contributed by atoms with E-state index in [0.717, 1.165) is 36.3 Å². The maximum Gasteiger partial charge on any atom is 0.222 e. The van der Waals surface area contributed by atoms with Crippen molar-refractivity contribution in [2.24, 2.45) is 0 Å². The van der Waals surface area contributed by atoms with E-state index in [1.165, 1.54) is 6.07 Å². The van der Waals surface area contributed by atoms with E-state index in [1.54, 1.807) is 18.3 Å². The number of aryl methyl sites for hydroxylation is 1. The first-order chi connectivity index (χ1) is 14.2. The van der Waals surface area contributed by atoms with Gasteiger partial charge in [0, 0.05) is 31.0 Å². The Bertz CT molecular complexity index is 954. The van der Waals surface area contributed by atoms with Gasteiger partial charge in [-0.1, -0.05) is 42.5 Å². The standard InChI is InChI=1S/C24H25FN2O2/c25-20-10-4-7-18(15-20)16-21-11-6-14-27(21)24(28)13-5-12-23-26-17-22(29-23)19-8-2-1-3-9-19/h1-4,7-10,15,17,21H,5-6,11-14,16H2. The normalized spacial score (nSPS) is 16.3. The second kappa shape index (κ2) is 9.03. The molecule has 29 heavy (non-hydrogen) atoms. The van der Waals surface area contributed by atoms with Crippen molar-refractivity contribution < 1.29 is 13.6 Å². The Morgan fingerprint density at radius 2 is 2.03 bits per heavy atom. The number of hydrogen-bond acceptors (Lipinski definition) is 3. The van der Waals surface area contributed by atoms with E-state index in [-0.39, 0.29) is 17.8 Å². The molecule has 2 aromatic carbocycles. The first kappa shape index (κ1) is 19.4. The fourth-order valence-corrected chi connectivity index (χ4v) is 4.01. The SMILES string of the molecule is O=C(CCCc1ncc(-c2ccccc2)o1)N1CCCC1Cc1cccc(F)c1. The van der Waals surface area contributed by atoms with Gasteiger partial charge in [0.2, 0.25) is 5.91 Å². The van der Waals surface area contributed by atoms with E-state index in [1.807, 2.05) is 41.3 Å². The number of oxazole rings is 1. The number of rotatable bonds is 7. The molecule has 3 aromatic rings. The highest BCUT2D eigenvalue weighted by atomic mass is 19.1. The molecule has 1 unspecified atom stereocenters. The number of aromatic nitrogens is 1. The number of hydrogen-bond donors (Lipinski definition) is 0. The summed E-state index contributed by atoms with van der Waals surface area (Å²) in [5.41, 5.74) is 1.95. The van der Waals surface area contributed by atoms with Gasteiger partial charge in [0.25, 0.3) is 0 Å². The quantitative estimate of drug-likeness (QED) is 0.566. The Labute approximate surface area is 170 Å². The minimum Gasteiger partial charge on any atom is -0.441 e. The molecule has 150 valence electrons. The molecule has 0 N–H and O–H groups in total. The first-order valence-corrected chi connectivity index (χ1v) is 10.2. The van der Waals surface area contributed by atoms with Crippen LogP contribution < -0.4 is 0 Å². The Balaban J connectivity index is 1.28. The lowest BCUT2D eigenvalue weighted by atomic mass is 10.0. The molecule has 4 nitrogen and oxygen atoms in total. The maximum absolute atomic E-state index is 13.4. The Hall–Kier alpha value is -2.95. The topological polar surface area (TPSA) is 46.3 Å². The molecule has 1 saturated heterocycles. The summed E-state index contributed by atoms with van der Waals surface area (Å²) in [5, 5.41) is 0. The number of benzene rings is 2. The third-order valence-corrected chi connectivity index (χ3v) is 5.45. The fraction of sp³-hybridized carbons (Fsp3) is 0.333. The molecule has 4 rings (SSSR count). The van der Waals surface area contributed by atoms with Crippen LogP contribution in [0.25, 0.3) is 11.3 Å². The summed E-state index contributed by atoms with van der Waals surface area (Å²) in [6.07, 6.45) is 6.25. The number of carbonyl (C=O) groups excluding carboxylic acids is 1. The monoisotopic (exact) mass is 392 g/mol. The van der Waals surface area contributed by atoms with Crippen molar-refractivity contribution in [2.45, 2.75) is 44.6 Å². The predicted octanol–water partition coefficient (Wildman–Crippen LogP) is 5.04. The van der Waals surface area contributed by atoms with Crippen molar-refractivity contribution in [3.05, 3.63) is 78.1 Å². The molecular formula is C24H25FN2O2. The zero-order valence-corrected chi connectivity index (χ0v) is 16.4. The minimum atomic E-state index is -0.223. The molecule has 2 heterocycles. The summed E-state index contributed by atoms with van der Waals surface area (Å²) in [6, 6.07) is 16.7. The molecule has 1 amide bonds. The van der Waals surface area contributed by atoms with Gasteiger partial charge < -0.3 is 9.32 Å². The number of likely N-dealkylation sites (tertiary alicyclic amines) is 1. The second-order valence-corrected chi connectivity index (χ2v) is 7.56. The lowest BCUT2D eigenvalue weighted by molar-refractivity contribution is -0.132.